The Morgan fingerprint density at radius 2 is 2.10 bits per heavy atom. The highest BCUT2D eigenvalue weighted by Gasteiger charge is 2.25. The van der Waals surface area contributed by atoms with Crippen LogP contribution in [0.2, 0.25) is 0 Å². The molecule has 1 fully saturated rings. The largest absolute Gasteiger partial charge is 0.351 e. The molecule has 1 heterocycles. The SMILES string of the molecule is CN1CCN(CC(=O)NCc2ccc(F)cc2)C(CN)C1. The highest BCUT2D eigenvalue weighted by Crippen LogP contribution is 2.07. The fraction of sp³-hybridized carbons (Fsp3) is 0.533. The molecule has 0 aliphatic carbocycles. The van der Waals surface area contributed by atoms with Crippen molar-refractivity contribution in [3.8, 4) is 0 Å². The summed E-state index contributed by atoms with van der Waals surface area (Å²) in [6.07, 6.45) is 0. The van der Waals surface area contributed by atoms with Gasteiger partial charge >= 0.3 is 0 Å². The summed E-state index contributed by atoms with van der Waals surface area (Å²) in [5, 5.41) is 2.86. The van der Waals surface area contributed by atoms with Gasteiger partial charge in [-0.15, -0.1) is 0 Å². The molecule has 1 aromatic carbocycles. The van der Waals surface area contributed by atoms with Crippen LogP contribution in [0.4, 0.5) is 4.39 Å². The summed E-state index contributed by atoms with van der Waals surface area (Å²) in [5.41, 5.74) is 6.66. The molecule has 0 spiro atoms. The lowest BCUT2D eigenvalue weighted by Crippen LogP contribution is -2.56. The van der Waals surface area contributed by atoms with Gasteiger partial charge in [0.15, 0.2) is 0 Å². The minimum atomic E-state index is -0.270. The van der Waals surface area contributed by atoms with Crippen LogP contribution in [0.1, 0.15) is 5.56 Å². The van der Waals surface area contributed by atoms with Crippen molar-refractivity contribution in [1.29, 1.82) is 0 Å². The number of piperazine rings is 1. The molecule has 1 aliphatic rings. The Morgan fingerprint density at radius 1 is 1.38 bits per heavy atom. The van der Waals surface area contributed by atoms with Gasteiger partial charge in [-0.1, -0.05) is 12.1 Å². The Morgan fingerprint density at radius 3 is 2.76 bits per heavy atom. The fourth-order valence-corrected chi connectivity index (χ4v) is 2.52. The van der Waals surface area contributed by atoms with Crippen molar-refractivity contribution in [3.05, 3.63) is 35.6 Å². The first-order valence-electron chi connectivity index (χ1n) is 7.22. The first-order chi connectivity index (χ1) is 10.1. The topological polar surface area (TPSA) is 61.6 Å². The molecular weight excluding hydrogens is 271 g/mol. The maximum absolute atomic E-state index is 12.8. The van der Waals surface area contributed by atoms with Crippen LogP contribution in [-0.4, -0.2) is 61.5 Å². The lowest BCUT2D eigenvalue weighted by atomic mass is 10.1. The van der Waals surface area contributed by atoms with E-state index in [1.165, 1.54) is 12.1 Å². The normalized spacial score (nSPS) is 20.4. The monoisotopic (exact) mass is 294 g/mol. The third-order valence-electron chi connectivity index (χ3n) is 3.83. The number of carbonyl (C=O) groups excluding carboxylic acids is 1. The summed E-state index contributed by atoms with van der Waals surface area (Å²) in [6, 6.07) is 6.36. The molecule has 0 bridgehead atoms. The van der Waals surface area contributed by atoms with Crippen LogP contribution in [0.15, 0.2) is 24.3 Å². The van der Waals surface area contributed by atoms with E-state index in [0.29, 0.717) is 19.6 Å². The number of benzene rings is 1. The first kappa shape index (κ1) is 15.9. The third-order valence-corrected chi connectivity index (χ3v) is 3.83. The lowest BCUT2D eigenvalue weighted by molar-refractivity contribution is -0.123. The Bertz CT molecular complexity index is 465. The summed E-state index contributed by atoms with van der Waals surface area (Å²) >= 11 is 0. The summed E-state index contributed by atoms with van der Waals surface area (Å²) < 4.78 is 12.8. The zero-order chi connectivity index (χ0) is 15.2. The number of likely N-dealkylation sites (N-methyl/N-ethyl adjacent to an activating group) is 1. The summed E-state index contributed by atoms with van der Waals surface area (Å²) in [6.45, 7) is 4.01. The zero-order valence-corrected chi connectivity index (χ0v) is 12.4. The van der Waals surface area contributed by atoms with Crippen LogP contribution in [0, 0.1) is 5.82 Å². The molecule has 1 amide bonds. The number of hydrogen-bond donors (Lipinski definition) is 2. The molecule has 3 N–H and O–H groups in total. The van der Waals surface area contributed by atoms with Crippen molar-refractivity contribution < 1.29 is 9.18 Å². The number of nitrogens with zero attached hydrogens (tertiary/aromatic N) is 2. The average Bonchev–Trinajstić information content (AvgIpc) is 2.48. The average molecular weight is 294 g/mol. The highest BCUT2D eigenvalue weighted by molar-refractivity contribution is 5.78. The standard InChI is InChI=1S/C15H23FN4O/c1-19-6-7-20(14(8-17)10-19)11-15(21)18-9-12-2-4-13(16)5-3-12/h2-5,14H,6-11,17H2,1H3,(H,18,21). The number of halogens is 1. The predicted molar refractivity (Wildman–Crippen MR) is 80.2 cm³/mol. The lowest BCUT2D eigenvalue weighted by Gasteiger charge is -2.39. The van der Waals surface area contributed by atoms with E-state index in [9.17, 15) is 9.18 Å². The molecule has 116 valence electrons. The Kier molecular flexibility index (Phi) is 5.67. The van der Waals surface area contributed by atoms with Crippen LogP contribution in [0.3, 0.4) is 0 Å². The van der Waals surface area contributed by atoms with Gasteiger partial charge in [0.25, 0.3) is 0 Å². The van der Waals surface area contributed by atoms with Crippen LogP contribution in [0.25, 0.3) is 0 Å². The molecule has 1 aromatic rings. The van der Waals surface area contributed by atoms with E-state index in [0.717, 1.165) is 25.2 Å². The van der Waals surface area contributed by atoms with E-state index < -0.39 is 0 Å². The van der Waals surface area contributed by atoms with Crippen molar-refractivity contribution in [2.45, 2.75) is 12.6 Å². The maximum Gasteiger partial charge on any atom is 0.234 e. The van der Waals surface area contributed by atoms with E-state index in [-0.39, 0.29) is 17.8 Å². The van der Waals surface area contributed by atoms with Gasteiger partial charge in [-0.25, -0.2) is 4.39 Å². The number of hydrogen-bond acceptors (Lipinski definition) is 4. The number of nitrogens with one attached hydrogen (secondary N) is 1. The van der Waals surface area contributed by atoms with Crippen LogP contribution in [-0.2, 0) is 11.3 Å². The Labute approximate surface area is 124 Å². The quantitative estimate of drug-likeness (QED) is 0.803. The van der Waals surface area contributed by atoms with E-state index in [1.807, 2.05) is 0 Å². The second kappa shape index (κ2) is 7.49. The molecule has 2 rings (SSSR count). The van der Waals surface area contributed by atoms with Crippen LogP contribution in [0.5, 0.6) is 0 Å². The molecule has 0 saturated carbocycles. The Balaban J connectivity index is 1.79. The van der Waals surface area contributed by atoms with E-state index in [2.05, 4.69) is 22.2 Å². The van der Waals surface area contributed by atoms with Gasteiger partial charge in [-0.05, 0) is 24.7 Å². The molecular formula is C15H23FN4O. The highest BCUT2D eigenvalue weighted by atomic mass is 19.1. The van der Waals surface area contributed by atoms with Gasteiger partial charge < -0.3 is 16.0 Å². The molecule has 1 unspecified atom stereocenters. The van der Waals surface area contributed by atoms with Gasteiger partial charge in [-0.3, -0.25) is 9.69 Å². The predicted octanol–water partition coefficient (Wildman–Crippen LogP) is 0.0166. The fourth-order valence-electron chi connectivity index (χ4n) is 2.52. The van der Waals surface area contributed by atoms with Crippen LogP contribution < -0.4 is 11.1 Å². The van der Waals surface area contributed by atoms with Gasteiger partial charge in [-0.2, -0.15) is 0 Å². The Hall–Kier alpha value is -1.50. The summed E-state index contributed by atoms with van der Waals surface area (Å²) in [4.78, 5) is 16.4. The van der Waals surface area contributed by atoms with E-state index in [1.54, 1.807) is 12.1 Å². The first-order valence-corrected chi connectivity index (χ1v) is 7.22. The van der Waals surface area contributed by atoms with Gasteiger partial charge in [0, 0.05) is 38.8 Å². The minimum Gasteiger partial charge on any atom is -0.351 e. The summed E-state index contributed by atoms with van der Waals surface area (Å²) in [7, 11) is 2.06. The molecule has 0 radical (unpaired) electrons. The van der Waals surface area contributed by atoms with Crippen molar-refractivity contribution in [2.24, 2.45) is 5.73 Å². The molecule has 1 atom stereocenters. The summed E-state index contributed by atoms with van der Waals surface area (Å²) in [5.74, 6) is -0.296. The van der Waals surface area contributed by atoms with Crippen LogP contribution >= 0.6 is 0 Å². The molecule has 1 aliphatic heterocycles. The molecule has 5 nitrogen and oxygen atoms in total. The van der Waals surface area contributed by atoms with Crippen molar-refractivity contribution in [3.63, 3.8) is 0 Å². The number of nitrogens with two attached hydrogens (primary N) is 1. The number of amides is 1. The van der Waals surface area contributed by atoms with Gasteiger partial charge in [0.1, 0.15) is 5.82 Å². The van der Waals surface area contributed by atoms with Gasteiger partial charge in [0.05, 0.1) is 6.54 Å². The van der Waals surface area contributed by atoms with Gasteiger partial charge in [0.2, 0.25) is 5.91 Å². The molecule has 0 aromatic heterocycles. The molecule has 6 heteroatoms. The van der Waals surface area contributed by atoms with E-state index in [4.69, 9.17) is 5.73 Å². The zero-order valence-electron chi connectivity index (χ0n) is 12.4. The second-order valence-corrected chi connectivity index (χ2v) is 5.53. The minimum absolute atomic E-state index is 0.0256. The number of carbonyl (C=O) groups is 1. The molecule has 21 heavy (non-hydrogen) atoms. The van der Waals surface area contributed by atoms with E-state index >= 15 is 0 Å². The smallest absolute Gasteiger partial charge is 0.234 e. The van der Waals surface area contributed by atoms with Crippen molar-refractivity contribution in [1.82, 2.24) is 15.1 Å². The third kappa shape index (κ3) is 4.77. The van der Waals surface area contributed by atoms with Crippen molar-refractivity contribution >= 4 is 5.91 Å². The number of rotatable bonds is 5. The second-order valence-electron chi connectivity index (χ2n) is 5.53. The maximum atomic E-state index is 12.8. The molecule has 1 saturated heterocycles. The van der Waals surface area contributed by atoms with Crippen molar-refractivity contribution in [2.75, 3.05) is 39.8 Å².